The molecular weight excluding hydrogens is 252 g/mol. The zero-order chi connectivity index (χ0) is 15.0. The molecule has 6 heteroatoms. The van der Waals surface area contributed by atoms with Crippen molar-refractivity contribution in [3.05, 3.63) is 24.3 Å². The summed E-state index contributed by atoms with van der Waals surface area (Å²) in [6.07, 6.45) is 0.0534. The van der Waals surface area contributed by atoms with E-state index in [2.05, 4.69) is 13.2 Å². The Morgan fingerprint density at radius 2 is 1.53 bits per heavy atom. The molecule has 1 atom stereocenters. The number of hydrogen-bond acceptors (Lipinski definition) is 5. The molecule has 0 aliphatic rings. The van der Waals surface area contributed by atoms with E-state index in [4.69, 9.17) is 14.6 Å². The van der Waals surface area contributed by atoms with Gasteiger partial charge in [0.25, 0.3) is 0 Å². The molecule has 0 radical (unpaired) electrons. The van der Waals surface area contributed by atoms with Crippen molar-refractivity contribution < 1.29 is 29.0 Å². The van der Waals surface area contributed by atoms with E-state index in [9.17, 15) is 14.4 Å². The van der Waals surface area contributed by atoms with Crippen LogP contribution in [-0.2, 0) is 23.9 Å². The van der Waals surface area contributed by atoms with Crippen LogP contribution in [0.5, 0.6) is 0 Å². The van der Waals surface area contributed by atoms with E-state index in [-0.39, 0.29) is 30.8 Å². The number of aliphatic carboxylic acids is 1. The minimum absolute atomic E-state index is 0.0534. The van der Waals surface area contributed by atoms with E-state index in [1.165, 1.54) is 13.8 Å². The van der Waals surface area contributed by atoms with Crippen molar-refractivity contribution >= 4 is 17.9 Å². The predicted molar refractivity (Wildman–Crippen MR) is 67.3 cm³/mol. The van der Waals surface area contributed by atoms with Crippen LogP contribution in [0.1, 0.15) is 20.3 Å². The largest absolute Gasteiger partial charge is 0.481 e. The van der Waals surface area contributed by atoms with Crippen molar-refractivity contribution in [2.75, 3.05) is 13.2 Å². The Morgan fingerprint density at radius 1 is 1.05 bits per heavy atom. The number of carboxylic acids is 1. The van der Waals surface area contributed by atoms with Gasteiger partial charge in [0, 0.05) is 11.1 Å². The summed E-state index contributed by atoms with van der Waals surface area (Å²) in [4.78, 5) is 33.1. The molecule has 0 saturated heterocycles. The Hall–Kier alpha value is -2.11. The van der Waals surface area contributed by atoms with Gasteiger partial charge >= 0.3 is 17.9 Å². The van der Waals surface area contributed by atoms with Gasteiger partial charge in [0.2, 0.25) is 0 Å². The Balaban J connectivity index is 4.17. The monoisotopic (exact) mass is 270 g/mol. The quantitative estimate of drug-likeness (QED) is 0.528. The lowest BCUT2D eigenvalue weighted by atomic mass is 10.1. The summed E-state index contributed by atoms with van der Waals surface area (Å²) in [7, 11) is 0. The number of hydrogen-bond donors (Lipinski definition) is 1. The molecular formula is C13H18O6. The second-order valence-corrected chi connectivity index (χ2v) is 4.12. The number of carboxylic acid groups (broad SMARTS) is 1. The molecule has 0 amide bonds. The predicted octanol–water partition coefficient (Wildman–Crippen LogP) is 1.32. The highest BCUT2D eigenvalue weighted by Crippen LogP contribution is 2.07. The maximum Gasteiger partial charge on any atom is 0.333 e. The van der Waals surface area contributed by atoms with Gasteiger partial charge in [0.15, 0.2) is 0 Å². The van der Waals surface area contributed by atoms with Crippen LogP contribution in [0.3, 0.4) is 0 Å². The molecule has 19 heavy (non-hydrogen) atoms. The van der Waals surface area contributed by atoms with Gasteiger partial charge in [-0.25, -0.2) is 9.59 Å². The molecule has 0 bridgehead atoms. The molecule has 0 aliphatic carbocycles. The molecule has 0 heterocycles. The van der Waals surface area contributed by atoms with Gasteiger partial charge in [0.1, 0.15) is 6.61 Å². The molecule has 0 saturated carbocycles. The third-order valence-electron chi connectivity index (χ3n) is 2.16. The summed E-state index contributed by atoms with van der Waals surface area (Å²) < 4.78 is 9.53. The van der Waals surface area contributed by atoms with E-state index in [0.29, 0.717) is 0 Å². The second kappa shape index (κ2) is 8.07. The summed E-state index contributed by atoms with van der Waals surface area (Å²) in [5, 5.41) is 8.93. The molecule has 0 aliphatic heterocycles. The van der Waals surface area contributed by atoms with Gasteiger partial charge < -0.3 is 14.6 Å². The van der Waals surface area contributed by atoms with E-state index >= 15 is 0 Å². The highest BCUT2D eigenvalue weighted by atomic mass is 16.5. The lowest BCUT2D eigenvalue weighted by molar-refractivity contribution is -0.151. The molecule has 0 aromatic carbocycles. The number of ether oxygens (including phenoxy) is 2. The first-order valence-corrected chi connectivity index (χ1v) is 5.63. The molecule has 0 spiro atoms. The molecule has 1 unspecified atom stereocenters. The van der Waals surface area contributed by atoms with Crippen molar-refractivity contribution in [2.24, 2.45) is 5.92 Å². The maximum absolute atomic E-state index is 11.1. The molecule has 0 rings (SSSR count). The van der Waals surface area contributed by atoms with Crippen LogP contribution >= 0.6 is 0 Å². The number of esters is 2. The Morgan fingerprint density at radius 3 is 1.95 bits per heavy atom. The third kappa shape index (κ3) is 7.03. The van der Waals surface area contributed by atoms with Gasteiger partial charge in [0.05, 0.1) is 12.5 Å². The topological polar surface area (TPSA) is 89.9 Å². The fourth-order valence-electron chi connectivity index (χ4n) is 0.995. The van der Waals surface area contributed by atoms with Crippen molar-refractivity contribution in [1.29, 1.82) is 0 Å². The summed E-state index contributed by atoms with van der Waals surface area (Å²) in [5.41, 5.74) is 0.429. The van der Waals surface area contributed by atoms with Crippen molar-refractivity contribution in [2.45, 2.75) is 20.3 Å². The lowest BCUT2D eigenvalue weighted by Gasteiger charge is -2.13. The number of carbonyl (C=O) groups is 3. The average molecular weight is 270 g/mol. The fourth-order valence-corrected chi connectivity index (χ4v) is 0.995. The molecule has 106 valence electrons. The lowest BCUT2D eigenvalue weighted by Crippen LogP contribution is -2.24. The fraction of sp³-hybridized carbons (Fsp3) is 0.462. The standard InChI is InChI=1S/C13H18O6/c1-8(2)12(16)18-6-5-10(11(14)15)7-19-13(17)9(3)4/h10H,1,3,5-7H2,2,4H3,(H,14,15). The van der Waals surface area contributed by atoms with E-state index in [1.807, 2.05) is 0 Å². The zero-order valence-corrected chi connectivity index (χ0v) is 11.1. The van der Waals surface area contributed by atoms with Crippen molar-refractivity contribution in [1.82, 2.24) is 0 Å². The van der Waals surface area contributed by atoms with Crippen LogP contribution in [0.2, 0.25) is 0 Å². The highest BCUT2D eigenvalue weighted by Gasteiger charge is 2.20. The Bertz CT molecular complexity index is 396. The third-order valence-corrected chi connectivity index (χ3v) is 2.16. The molecule has 6 nitrogen and oxygen atoms in total. The van der Waals surface area contributed by atoms with Gasteiger partial charge in [-0.1, -0.05) is 13.2 Å². The molecule has 0 aromatic rings. The SMILES string of the molecule is C=C(C)C(=O)OCCC(COC(=O)C(=C)C)C(=O)O. The molecule has 1 N–H and O–H groups in total. The average Bonchev–Trinajstić information content (AvgIpc) is 2.31. The van der Waals surface area contributed by atoms with E-state index in [1.54, 1.807) is 0 Å². The summed E-state index contributed by atoms with van der Waals surface area (Å²) in [5.74, 6) is -3.28. The van der Waals surface area contributed by atoms with Crippen LogP contribution in [-0.4, -0.2) is 36.2 Å². The van der Waals surface area contributed by atoms with Crippen LogP contribution in [0.25, 0.3) is 0 Å². The van der Waals surface area contributed by atoms with Crippen LogP contribution in [0.15, 0.2) is 24.3 Å². The molecule has 0 aromatic heterocycles. The normalized spacial score (nSPS) is 11.3. The zero-order valence-electron chi connectivity index (χ0n) is 11.1. The first-order valence-electron chi connectivity index (χ1n) is 5.63. The maximum atomic E-state index is 11.1. The smallest absolute Gasteiger partial charge is 0.333 e. The van der Waals surface area contributed by atoms with Gasteiger partial charge in [-0.05, 0) is 20.3 Å². The van der Waals surface area contributed by atoms with Gasteiger partial charge in [-0.3, -0.25) is 4.79 Å². The second-order valence-electron chi connectivity index (χ2n) is 4.12. The summed E-state index contributed by atoms with van der Waals surface area (Å²) in [6.45, 7) is 9.37. The van der Waals surface area contributed by atoms with Crippen molar-refractivity contribution in [3.8, 4) is 0 Å². The van der Waals surface area contributed by atoms with Crippen LogP contribution in [0, 0.1) is 5.92 Å². The molecule has 0 fully saturated rings. The van der Waals surface area contributed by atoms with Gasteiger partial charge in [-0.15, -0.1) is 0 Å². The Labute approximate surface area is 111 Å². The first kappa shape index (κ1) is 16.9. The summed E-state index contributed by atoms with van der Waals surface area (Å²) in [6, 6.07) is 0. The Kier molecular flexibility index (Phi) is 7.18. The van der Waals surface area contributed by atoms with Gasteiger partial charge in [-0.2, -0.15) is 0 Å². The minimum Gasteiger partial charge on any atom is -0.481 e. The summed E-state index contributed by atoms with van der Waals surface area (Å²) >= 11 is 0. The number of carbonyl (C=O) groups excluding carboxylic acids is 2. The highest BCUT2D eigenvalue weighted by molar-refractivity contribution is 5.87. The number of rotatable bonds is 8. The van der Waals surface area contributed by atoms with Crippen LogP contribution < -0.4 is 0 Å². The van der Waals surface area contributed by atoms with E-state index in [0.717, 1.165) is 0 Å². The van der Waals surface area contributed by atoms with Crippen LogP contribution in [0.4, 0.5) is 0 Å². The first-order chi connectivity index (χ1) is 8.75. The van der Waals surface area contributed by atoms with E-state index < -0.39 is 23.8 Å². The van der Waals surface area contributed by atoms with Crippen molar-refractivity contribution in [3.63, 3.8) is 0 Å². The minimum atomic E-state index is -1.12.